The van der Waals surface area contributed by atoms with Crippen molar-refractivity contribution in [1.82, 2.24) is 0 Å². The Hall–Kier alpha value is -1.90. The van der Waals surface area contributed by atoms with E-state index < -0.39 is 5.91 Å². The zero-order chi connectivity index (χ0) is 22.4. The van der Waals surface area contributed by atoms with Gasteiger partial charge in [0.05, 0.1) is 7.14 Å². The average molecular weight is 699 g/mol. The van der Waals surface area contributed by atoms with Crippen LogP contribution in [0.25, 0.3) is 6.08 Å². The minimum absolute atomic E-state index is 0.0278. The maximum Gasteiger partial charge on any atom is 0.266 e. The van der Waals surface area contributed by atoms with Gasteiger partial charge in [0.15, 0.2) is 0 Å². The maximum absolute atomic E-state index is 12.5. The largest absolute Gasteiger partial charge is 0.487 e. The number of nitriles is 1. The third-order valence-electron chi connectivity index (χ3n) is 4.24. The summed E-state index contributed by atoms with van der Waals surface area (Å²) >= 11 is 7.79. The molecule has 0 atom stereocenters. The first-order valence-corrected chi connectivity index (χ1v) is 12.2. The second kappa shape index (κ2) is 11.1. The second-order valence-electron chi connectivity index (χ2n) is 6.73. The number of ether oxygens (including phenoxy) is 1. The molecule has 7 heteroatoms. The van der Waals surface area contributed by atoms with Crippen molar-refractivity contribution in [3.63, 3.8) is 0 Å². The summed E-state index contributed by atoms with van der Waals surface area (Å²) in [6.45, 7) is 2.53. The van der Waals surface area contributed by atoms with E-state index in [-0.39, 0.29) is 5.57 Å². The van der Waals surface area contributed by atoms with Gasteiger partial charge in [-0.3, -0.25) is 4.79 Å². The van der Waals surface area contributed by atoms with E-state index in [1.54, 1.807) is 18.2 Å². The van der Waals surface area contributed by atoms with Crippen LogP contribution >= 0.6 is 61.1 Å². The molecule has 0 saturated carbocycles. The van der Waals surface area contributed by atoms with Gasteiger partial charge in [-0.25, -0.2) is 0 Å². The third kappa shape index (κ3) is 6.79. The number of rotatable bonds is 6. The molecule has 0 fully saturated rings. The van der Waals surface area contributed by atoms with E-state index in [1.807, 2.05) is 42.5 Å². The van der Waals surface area contributed by atoms with Crippen LogP contribution in [0.4, 0.5) is 5.69 Å². The van der Waals surface area contributed by atoms with E-state index in [0.717, 1.165) is 28.5 Å². The molecule has 0 unspecified atom stereocenters. The normalized spacial score (nSPS) is 11.0. The Labute approximate surface area is 217 Å². The molecule has 0 aliphatic carbocycles. The highest BCUT2D eigenvalue weighted by Gasteiger charge is 2.13. The maximum atomic E-state index is 12.5. The molecule has 156 valence electrons. The van der Waals surface area contributed by atoms with Gasteiger partial charge in [0, 0.05) is 10.2 Å². The van der Waals surface area contributed by atoms with E-state index in [1.165, 1.54) is 5.56 Å². The van der Waals surface area contributed by atoms with Crippen LogP contribution in [0.15, 0.2) is 70.7 Å². The average Bonchev–Trinajstić information content (AvgIpc) is 2.71. The highest BCUT2D eigenvalue weighted by molar-refractivity contribution is 14.1. The molecule has 0 aromatic heterocycles. The van der Waals surface area contributed by atoms with Gasteiger partial charge in [0.25, 0.3) is 5.91 Å². The molecule has 0 radical (unpaired) electrons. The Morgan fingerprint density at radius 2 is 1.84 bits per heavy atom. The minimum atomic E-state index is -0.453. The molecular weight excluding hydrogens is 682 g/mol. The Morgan fingerprint density at radius 1 is 1.13 bits per heavy atom. The van der Waals surface area contributed by atoms with E-state index >= 15 is 0 Å². The lowest BCUT2D eigenvalue weighted by atomic mass is 10.1. The standard InChI is InChI=1S/C24H17BrI2N2O2/c1-15-4-2-5-16(8-15)14-31-23-21(26)10-17(11-22(23)27)9-18(13-28)24(30)29-20-7-3-6-19(25)12-20/h2-12H,14H2,1H3,(H,29,30)/b18-9-. The fourth-order valence-electron chi connectivity index (χ4n) is 2.84. The number of nitrogens with one attached hydrogen (secondary N) is 1. The molecule has 1 amide bonds. The predicted octanol–water partition coefficient (Wildman–Crippen LogP) is 7.09. The lowest BCUT2D eigenvalue weighted by Gasteiger charge is -2.12. The van der Waals surface area contributed by atoms with Crippen molar-refractivity contribution in [2.24, 2.45) is 0 Å². The van der Waals surface area contributed by atoms with Crippen molar-refractivity contribution in [2.75, 3.05) is 5.32 Å². The van der Waals surface area contributed by atoms with Crippen molar-refractivity contribution in [3.05, 3.63) is 94.5 Å². The number of anilines is 1. The van der Waals surface area contributed by atoms with Crippen LogP contribution in [-0.2, 0) is 11.4 Å². The Bertz CT molecular complexity index is 1180. The molecular formula is C24H17BrI2N2O2. The van der Waals surface area contributed by atoms with Gasteiger partial charge in [-0.2, -0.15) is 5.26 Å². The van der Waals surface area contributed by atoms with Crippen LogP contribution in [0.2, 0.25) is 0 Å². The monoisotopic (exact) mass is 698 g/mol. The van der Waals surface area contributed by atoms with Crippen LogP contribution in [0.5, 0.6) is 5.75 Å². The number of carbonyl (C=O) groups is 1. The summed E-state index contributed by atoms with van der Waals surface area (Å²) in [5, 5.41) is 12.2. The molecule has 4 nitrogen and oxygen atoms in total. The quantitative estimate of drug-likeness (QED) is 0.170. The molecule has 31 heavy (non-hydrogen) atoms. The number of halogens is 3. The number of hydrogen-bond acceptors (Lipinski definition) is 3. The van der Waals surface area contributed by atoms with Crippen LogP contribution in [0.1, 0.15) is 16.7 Å². The molecule has 1 N–H and O–H groups in total. The highest BCUT2D eigenvalue weighted by Crippen LogP contribution is 2.30. The van der Waals surface area contributed by atoms with Gasteiger partial charge in [0.1, 0.15) is 24.0 Å². The Morgan fingerprint density at radius 3 is 2.48 bits per heavy atom. The molecule has 3 aromatic rings. The summed E-state index contributed by atoms with van der Waals surface area (Å²) in [4.78, 5) is 12.5. The number of amides is 1. The Kier molecular flexibility index (Phi) is 8.51. The first-order valence-electron chi connectivity index (χ1n) is 9.22. The van der Waals surface area contributed by atoms with E-state index in [4.69, 9.17) is 4.74 Å². The number of aryl methyl sites for hydroxylation is 1. The van der Waals surface area contributed by atoms with E-state index in [2.05, 4.69) is 85.5 Å². The predicted molar refractivity (Wildman–Crippen MR) is 144 cm³/mol. The first kappa shape index (κ1) is 23.8. The zero-order valence-corrected chi connectivity index (χ0v) is 22.4. The van der Waals surface area contributed by atoms with E-state index in [9.17, 15) is 10.1 Å². The molecule has 0 spiro atoms. The summed E-state index contributed by atoms with van der Waals surface area (Å²) in [6.07, 6.45) is 1.59. The molecule has 0 aliphatic rings. The Balaban J connectivity index is 1.77. The zero-order valence-electron chi connectivity index (χ0n) is 16.5. The third-order valence-corrected chi connectivity index (χ3v) is 6.34. The van der Waals surface area contributed by atoms with Crippen LogP contribution in [-0.4, -0.2) is 5.91 Å². The van der Waals surface area contributed by atoms with Crippen molar-refractivity contribution < 1.29 is 9.53 Å². The van der Waals surface area contributed by atoms with E-state index in [0.29, 0.717) is 12.3 Å². The second-order valence-corrected chi connectivity index (χ2v) is 9.97. The van der Waals surface area contributed by atoms with Gasteiger partial charge in [-0.15, -0.1) is 0 Å². The van der Waals surface area contributed by atoms with Crippen molar-refractivity contribution in [1.29, 1.82) is 5.26 Å². The number of nitrogens with zero attached hydrogens (tertiary/aromatic N) is 1. The molecule has 3 rings (SSSR count). The van der Waals surface area contributed by atoms with Gasteiger partial charge in [-0.1, -0.05) is 51.8 Å². The van der Waals surface area contributed by atoms with Gasteiger partial charge >= 0.3 is 0 Å². The summed E-state index contributed by atoms with van der Waals surface area (Å²) in [7, 11) is 0. The van der Waals surface area contributed by atoms with Crippen LogP contribution in [0.3, 0.4) is 0 Å². The number of hydrogen-bond donors (Lipinski definition) is 1. The highest BCUT2D eigenvalue weighted by atomic mass is 127. The molecule has 0 bridgehead atoms. The SMILES string of the molecule is Cc1cccc(COc2c(I)cc(/C=C(/C#N)C(=O)Nc3cccc(Br)c3)cc2I)c1. The topological polar surface area (TPSA) is 62.1 Å². The first-order chi connectivity index (χ1) is 14.9. The van der Waals surface area contributed by atoms with Crippen LogP contribution in [0, 0.1) is 25.4 Å². The van der Waals surface area contributed by atoms with Crippen molar-refractivity contribution in [2.45, 2.75) is 13.5 Å². The van der Waals surface area contributed by atoms with Crippen molar-refractivity contribution in [3.8, 4) is 11.8 Å². The summed E-state index contributed by atoms with van der Waals surface area (Å²) in [5.41, 5.74) is 3.70. The van der Waals surface area contributed by atoms with Gasteiger partial charge in [-0.05, 0) is 99.6 Å². The lowest BCUT2D eigenvalue weighted by Crippen LogP contribution is -2.13. The number of carbonyl (C=O) groups excluding carboxylic acids is 1. The van der Waals surface area contributed by atoms with Gasteiger partial charge < -0.3 is 10.1 Å². The van der Waals surface area contributed by atoms with Crippen molar-refractivity contribution >= 4 is 78.8 Å². The van der Waals surface area contributed by atoms with Gasteiger partial charge in [0.2, 0.25) is 0 Å². The lowest BCUT2D eigenvalue weighted by molar-refractivity contribution is -0.112. The number of benzene rings is 3. The smallest absolute Gasteiger partial charge is 0.266 e. The summed E-state index contributed by atoms with van der Waals surface area (Å²) in [6, 6.07) is 21.2. The summed E-state index contributed by atoms with van der Waals surface area (Å²) < 4.78 is 8.71. The molecule has 0 aliphatic heterocycles. The van der Waals surface area contributed by atoms with Crippen LogP contribution < -0.4 is 10.1 Å². The fraction of sp³-hybridized carbons (Fsp3) is 0.0833. The molecule has 0 heterocycles. The minimum Gasteiger partial charge on any atom is -0.487 e. The summed E-state index contributed by atoms with van der Waals surface area (Å²) in [5.74, 6) is 0.336. The fourth-order valence-corrected chi connectivity index (χ4v) is 5.37. The molecule has 3 aromatic carbocycles. The molecule has 0 saturated heterocycles.